The van der Waals surface area contributed by atoms with Crippen molar-refractivity contribution in [2.75, 3.05) is 18.1 Å². The number of nitrogens with one attached hydrogen (secondary N) is 1. The van der Waals surface area contributed by atoms with Gasteiger partial charge in [0.05, 0.1) is 6.61 Å². The molecule has 0 fully saturated rings. The number of H-pyrrole nitrogens is 1. The van der Waals surface area contributed by atoms with Gasteiger partial charge in [-0.05, 0) is 35.2 Å². The van der Waals surface area contributed by atoms with Gasteiger partial charge in [-0.2, -0.15) is 5.21 Å². The molecule has 0 bridgehead atoms. The van der Waals surface area contributed by atoms with Crippen molar-refractivity contribution in [2.45, 2.75) is 46.4 Å². The largest absolute Gasteiger partial charge is 0.511 e. The van der Waals surface area contributed by atoms with Gasteiger partial charge in [-0.15, -0.1) is 10.2 Å². The predicted molar refractivity (Wildman–Crippen MR) is 146 cm³/mol. The lowest BCUT2D eigenvalue weighted by Gasteiger charge is -2.25. The summed E-state index contributed by atoms with van der Waals surface area (Å²) in [7, 11) is 0. The number of aromatic amines is 1. The minimum absolute atomic E-state index is 0.148. The summed E-state index contributed by atoms with van der Waals surface area (Å²) in [6, 6.07) is 16.0. The molecule has 2 heterocycles. The minimum Gasteiger partial charge on any atom is -0.435 e. The first-order chi connectivity index (χ1) is 19.5. The van der Waals surface area contributed by atoms with Gasteiger partial charge in [0.1, 0.15) is 17.7 Å². The van der Waals surface area contributed by atoms with E-state index in [1.165, 1.54) is 19.4 Å². The molecule has 1 unspecified atom stereocenters. The van der Waals surface area contributed by atoms with Crippen LogP contribution in [0.1, 0.15) is 49.5 Å². The molecule has 0 saturated heterocycles. The first-order valence-corrected chi connectivity index (χ1v) is 13.0. The van der Waals surface area contributed by atoms with E-state index in [-0.39, 0.29) is 12.2 Å². The van der Waals surface area contributed by atoms with Crippen LogP contribution in [-0.2, 0) is 20.8 Å². The van der Waals surface area contributed by atoms with Crippen LogP contribution < -0.4 is 4.90 Å². The van der Waals surface area contributed by atoms with Gasteiger partial charge in [0.25, 0.3) is 0 Å². The predicted octanol–water partition coefficient (Wildman–Crippen LogP) is 4.81. The zero-order valence-electron chi connectivity index (χ0n) is 22.6. The molecule has 4 rings (SSSR count). The lowest BCUT2D eigenvalue weighted by Crippen LogP contribution is -2.29. The van der Waals surface area contributed by atoms with Crippen LogP contribution in [0.5, 0.6) is 0 Å². The third-order valence-electron chi connectivity index (χ3n) is 5.94. The van der Waals surface area contributed by atoms with Gasteiger partial charge in [0, 0.05) is 31.8 Å². The Morgan fingerprint density at radius 1 is 1.02 bits per heavy atom. The standard InChI is InChI=1S/C28H31N7O5/c1-4-6-15-35(26-24(16-29-18-30-26)27(36)39-19(3)40-28(37)38-5-2)17-20-11-13-21(14-12-20)22-9-7-8-10-23(22)25-31-33-34-32-25/h7-14,16,18-19H,4-6,15,17H2,1-3H3,(H,31,32,33,34). The topological polar surface area (TPSA) is 145 Å². The van der Waals surface area contributed by atoms with E-state index >= 15 is 0 Å². The van der Waals surface area contributed by atoms with Crippen molar-refractivity contribution < 1.29 is 23.8 Å². The number of hydrogen-bond acceptors (Lipinski definition) is 11. The highest BCUT2D eigenvalue weighted by Crippen LogP contribution is 2.30. The highest BCUT2D eigenvalue weighted by atomic mass is 16.8. The molecule has 0 amide bonds. The van der Waals surface area contributed by atoms with Gasteiger partial charge >= 0.3 is 12.1 Å². The molecule has 1 atom stereocenters. The monoisotopic (exact) mass is 545 g/mol. The SMILES string of the molecule is CCCCN(Cc1ccc(-c2ccccc2-c2nn[nH]n2)cc1)c1ncncc1C(=O)OC(C)OC(=O)OCC. The van der Waals surface area contributed by atoms with Crippen LogP contribution >= 0.6 is 0 Å². The Hall–Kier alpha value is -4.87. The summed E-state index contributed by atoms with van der Waals surface area (Å²) >= 11 is 0. The minimum atomic E-state index is -1.15. The van der Waals surface area contributed by atoms with Crippen molar-refractivity contribution in [3.63, 3.8) is 0 Å². The number of unbranched alkanes of at least 4 members (excludes halogenated alkanes) is 1. The molecular weight excluding hydrogens is 514 g/mol. The van der Waals surface area contributed by atoms with E-state index < -0.39 is 18.4 Å². The van der Waals surface area contributed by atoms with E-state index in [0.29, 0.717) is 24.7 Å². The van der Waals surface area contributed by atoms with Gasteiger partial charge in [-0.1, -0.05) is 61.9 Å². The Labute approximate surface area is 231 Å². The van der Waals surface area contributed by atoms with Crippen LogP contribution in [0, 0.1) is 0 Å². The average Bonchev–Trinajstić information content (AvgIpc) is 3.51. The maximum absolute atomic E-state index is 13.0. The molecule has 0 spiro atoms. The molecule has 0 radical (unpaired) electrons. The second-order valence-electron chi connectivity index (χ2n) is 8.79. The second kappa shape index (κ2) is 13.8. The highest BCUT2D eigenvalue weighted by Gasteiger charge is 2.23. The van der Waals surface area contributed by atoms with E-state index in [1.54, 1.807) is 6.92 Å². The molecule has 208 valence electrons. The van der Waals surface area contributed by atoms with E-state index in [1.807, 2.05) is 53.4 Å². The van der Waals surface area contributed by atoms with Gasteiger partial charge in [0.2, 0.25) is 12.1 Å². The molecule has 40 heavy (non-hydrogen) atoms. The van der Waals surface area contributed by atoms with Crippen LogP contribution in [0.2, 0.25) is 0 Å². The lowest BCUT2D eigenvalue weighted by atomic mass is 9.98. The van der Waals surface area contributed by atoms with Gasteiger partial charge in [-0.3, -0.25) is 0 Å². The van der Waals surface area contributed by atoms with Crippen LogP contribution in [0.25, 0.3) is 22.5 Å². The summed E-state index contributed by atoms with van der Waals surface area (Å²) in [5, 5.41) is 14.4. The van der Waals surface area contributed by atoms with E-state index in [9.17, 15) is 9.59 Å². The van der Waals surface area contributed by atoms with Crippen LogP contribution in [0.15, 0.2) is 61.1 Å². The Bertz CT molecular complexity index is 1400. The van der Waals surface area contributed by atoms with Crippen LogP contribution in [0.4, 0.5) is 10.6 Å². The molecule has 0 aliphatic heterocycles. The maximum atomic E-state index is 13.0. The number of rotatable bonds is 12. The Morgan fingerprint density at radius 3 is 2.50 bits per heavy atom. The number of aromatic nitrogens is 6. The summed E-state index contributed by atoms with van der Waals surface area (Å²) in [5.74, 6) is 0.251. The third-order valence-corrected chi connectivity index (χ3v) is 5.94. The van der Waals surface area contributed by atoms with Crippen LogP contribution in [-0.4, -0.2) is 62.2 Å². The number of tetrazole rings is 1. The summed E-state index contributed by atoms with van der Waals surface area (Å²) < 4.78 is 15.0. The fourth-order valence-corrected chi connectivity index (χ4v) is 4.07. The van der Waals surface area contributed by atoms with Crippen molar-refractivity contribution >= 4 is 17.9 Å². The highest BCUT2D eigenvalue weighted by molar-refractivity contribution is 5.94. The van der Waals surface area contributed by atoms with Gasteiger partial charge in [0.15, 0.2) is 0 Å². The number of carbonyl (C=O) groups excluding carboxylic acids is 2. The summed E-state index contributed by atoms with van der Waals surface area (Å²) in [6.45, 7) is 6.49. The molecular formula is C28H31N7O5. The molecule has 2 aromatic heterocycles. The first kappa shape index (κ1) is 28.1. The molecule has 2 aromatic carbocycles. The fourth-order valence-electron chi connectivity index (χ4n) is 4.07. The van der Waals surface area contributed by atoms with Crippen LogP contribution in [0.3, 0.4) is 0 Å². The van der Waals surface area contributed by atoms with E-state index in [4.69, 9.17) is 14.2 Å². The number of esters is 1. The molecule has 12 nitrogen and oxygen atoms in total. The Morgan fingerprint density at radius 2 is 1.80 bits per heavy atom. The fraction of sp³-hybridized carbons (Fsp3) is 0.321. The number of benzene rings is 2. The molecule has 0 aliphatic rings. The van der Waals surface area contributed by atoms with Crippen molar-refractivity contribution in [2.24, 2.45) is 0 Å². The van der Waals surface area contributed by atoms with Crippen molar-refractivity contribution in [3.8, 4) is 22.5 Å². The molecule has 12 heteroatoms. The molecule has 0 saturated carbocycles. The van der Waals surface area contributed by atoms with Crippen molar-refractivity contribution in [3.05, 3.63) is 72.2 Å². The normalized spacial score (nSPS) is 11.5. The maximum Gasteiger partial charge on any atom is 0.511 e. The summed E-state index contributed by atoms with van der Waals surface area (Å²) in [4.78, 5) is 35.0. The second-order valence-corrected chi connectivity index (χ2v) is 8.79. The van der Waals surface area contributed by atoms with E-state index in [0.717, 1.165) is 35.1 Å². The number of carbonyl (C=O) groups is 2. The lowest BCUT2D eigenvalue weighted by molar-refractivity contribution is -0.0811. The number of anilines is 1. The van der Waals surface area contributed by atoms with Crippen molar-refractivity contribution in [1.29, 1.82) is 0 Å². The Balaban J connectivity index is 1.54. The first-order valence-electron chi connectivity index (χ1n) is 13.0. The number of nitrogens with zero attached hydrogens (tertiary/aromatic N) is 6. The molecule has 1 N–H and O–H groups in total. The summed E-state index contributed by atoms with van der Waals surface area (Å²) in [5.41, 5.74) is 4.06. The molecule has 0 aliphatic carbocycles. The van der Waals surface area contributed by atoms with E-state index in [2.05, 4.69) is 37.5 Å². The number of hydrogen-bond donors (Lipinski definition) is 1. The average molecular weight is 546 g/mol. The quantitative estimate of drug-likeness (QED) is 0.193. The zero-order valence-corrected chi connectivity index (χ0v) is 22.6. The molecule has 4 aromatic rings. The third kappa shape index (κ3) is 7.16. The zero-order chi connectivity index (χ0) is 28.3. The van der Waals surface area contributed by atoms with Gasteiger partial charge < -0.3 is 19.1 Å². The number of ether oxygens (including phenoxy) is 3. The summed E-state index contributed by atoms with van der Waals surface area (Å²) in [6.07, 6.45) is 2.57. The smallest absolute Gasteiger partial charge is 0.435 e. The van der Waals surface area contributed by atoms with Gasteiger partial charge in [-0.25, -0.2) is 19.6 Å². The van der Waals surface area contributed by atoms with Crippen molar-refractivity contribution in [1.82, 2.24) is 30.6 Å². The Kier molecular flexibility index (Phi) is 9.70.